The number of benzene rings is 1. The molecule has 3 unspecified atom stereocenters. The van der Waals surface area contributed by atoms with E-state index in [0.29, 0.717) is 0 Å². The van der Waals surface area contributed by atoms with Crippen molar-refractivity contribution in [2.24, 2.45) is 5.92 Å². The molecule has 138 valence electrons. The first kappa shape index (κ1) is 17.2. The Morgan fingerprint density at radius 2 is 1.85 bits per heavy atom. The van der Waals surface area contributed by atoms with Crippen molar-refractivity contribution >= 4 is 11.9 Å². The quantitative estimate of drug-likeness (QED) is 0.786. The minimum atomic E-state index is -1.23. The van der Waals surface area contributed by atoms with Crippen molar-refractivity contribution in [2.45, 2.75) is 43.9 Å². The van der Waals surface area contributed by atoms with Crippen LogP contribution in [0.5, 0.6) is 0 Å². The lowest BCUT2D eigenvalue weighted by Crippen LogP contribution is -2.60. The third kappa shape index (κ3) is 3.04. The van der Waals surface area contributed by atoms with Gasteiger partial charge >= 0.3 is 11.9 Å². The molecule has 2 bridgehead atoms. The first-order chi connectivity index (χ1) is 12.5. The normalized spacial score (nSPS) is 33.1. The summed E-state index contributed by atoms with van der Waals surface area (Å²) in [6.07, 6.45) is 4.30. The van der Waals surface area contributed by atoms with Crippen LogP contribution in [0.25, 0.3) is 0 Å². The van der Waals surface area contributed by atoms with Crippen molar-refractivity contribution in [2.75, 3.05) is 13.1 Å². The van der Waals surface area contributed by atoms with E-state index >= 15 is 0 Å². The van der Waals surface area contributed by atoms with Gasteiger partial charge in [0, 0.05) is 6.08 Å². The van der Waals surface area contributed by atoms with Crippen LogP contribution < -0.4 is 0 Å². The Labute approximate surface area is 152 Å². The summed E-state index contributed by atoms with van der Waals surface area (Å²) in [5.74, 6) is -2.13. The molecule has 4 aliphatic rings. The van der Waals surface area contributed by atoms with Gasteiger partial charge in [0.25, 0.3) is 0 Å². The lowest BCUT2D eigenvalue weighted by molar-refractivity contribution is -0.145. The van der Waals surface area contributed by atoms with Crippen LogP contribution in [-0.4, -0.2) is 52.3 Å². The summed E-state index contributed by atoms with van der Waals surface area (Å²) in [5, 5.41) is 18.8. The molecule has 26 heavy (non-hydrogen) atoms. The monoisotopic (exact) mass is 357 g/mol. The number of hydrogen-bond donors (Lipinski definition) is 2. The first-order valence-electron chi connectivity index (χ1n) is 9.19. The van der Waals surface area contributed by atoms with Crippen molar-refractivity contribution < 1.29 is 24.5 Å². The van der Waals surface area contributed by atoms with Crippen LogP contribution in [0, 0.1) is 5.92 Å². The predicted octanol–water partition coefficient (Wildman–Crippen LogP) is 2.25. The molecule has 1 aromatic rings. The second-order valence-electron chi connectivity index (χ2n) is 7.39. The highest BCUT2D eigenvalue weighted by atomic mass is 16.5. The van der Waals surface area contributed by atoms with Crippen LogP contribution in [0.4, 0.5) is 0 Å². The lowest BCUT2D eigenvalue weighted by Gasteiger charge is -2.51. The summed E-state index contributed by atoms with van der Waals surface area (Å²) < 4.78 is 6.50. The maximum Gasteiger partial charge on any atom is 0.333 e. The number of fused-ring (bicyclic) bond motifs is 4. The molecule has 0 saturated carbocycles. The molecule has 5 rings (SSSR count). The molecule has 3 fully saturated rings. The highest BCUT2D eigenvalue weighted by molar-refractivity contribution is 5.95. The Bertz CT molecular complexity index is 750. The van der Waals surface area contributed by atoms with E-state index in [1.165, 1.54) is 11.1 Å². The molecule has 2 N–H and O–H groups in total. The summed E-state index contributed by atoms with van der Waals surface area (Å²) in [5.41, 5.74) is 2.40. The molecular formula is C20H23NO5. The zero-order chi connectivity index (χ0) is 18.3. The number of ether oxygens (including phenoxy) is 1. The molecule has 3 aliphatic heterocycles. The van der Waals surface area contributed by atoms with Gasteiger partial charge in [-0.1, -0.05) is 24.3 Å². The maximum atomic E-state index is 11.8. The van der Waals surface area contributed by atoms with Gasteiger partial charge in [-0.25, -0.2) is 9.59 Å². The average molecular weight is 357 g/mol. The van der Waals surface area contributed by atoms with Gasteiger partial charge in [-0.2, -0.15) is 0 Å². The van der Waals surface area contributed by atoms with Crippen LogP contribution in [0.2, 0.25) is 0 Å². The van der Waals surface area contributed by atoms with Crippen molar-refractivity contribution in [1.29, 1.82) is 0 Å². The first-order valence-corrected chi connectivity index (χ1v) is 9.19. The number of hydrogen-bond acceptors (Lipinski definition) is 4. The predicted molar refractivity (Wildman–Crippen MR) is 93.8 cm³/mol. The Morgan fingerprint density at radius 3 is 2.54 bits per heavy atom. The fraction of sp³-hybridized carbons (Fsp3) is 0.500. The number of aliphatic carboxylic acids is 2. The molecule has 1 aliphatic carbocycles. The molecule has 0 amide bonds. The van der Waals surface area contributed by atoms with E-state index in [-0.39, 0.29) is 23.7 Å². The van der Waals surface area contributed by atoms with Crippen molar-refractivity contribution in [1.82, 2.24) is 4.90 Å². The lowest BCUT2D eigenvalue weighted by atomic mass is 9.77. The minimum Gasteiger partial charge on any atom is -0.478 e. The van der Waals surface area contributed by atoms with E-state index in [0.717, 1.165) is 44.8 Å². The SMILES string of the molecule is O=C(O)/C=C(/C(=O)O)C1C(OC2CCc3ccccc32)C2CCN1CC2. The number of aryl methyl sites for hydroxylation is 1. The molecule has 3 heterocycles. The highest BCUT2D eigenvalue weighted by Crippen LogP contribution is 2.42. The number of carbonyl (C=O) groups is 2. The summed E-state index contributed by atoms with van der Waals surface area (Å²) >= 11 is 0. The second-order valence-corrected chi connectivity index (χ2v) is 7.39. The van der Waals surface area contributed by atoms with Gasteiger partial charge in [0.05, 0.1) is 23.8 Å². The van der Waals surface area contributed by atoms with E-state index in [1.54, 1.807) is 0 Å². The minimum absolute atomic E-state index is 0.0425. The fourth-order valence-electron chi connectivity index (χ4n) is 4.81. The van der Waals surface area contributed by atoms with Gasteiger partial charge < -0.3 is 14.9 Å². The van der Waals surface area contributed by atoms with Crippen LogP contribution in [0.1, 0.15) is 36.5 Å². The van der Waals surface area contributed by atoms with E-state index < -0.39 is 18.0 Å². The molecule has 3 atom stereocenters. The van der Waals surface area contributed by atoms with Gasteiger partial charge in [0.2, 0.25) is 0 Å². The molecule has 1 aromatic carbocycles. The summed E-state index contributed by atoms with van der Waals surface area (Å²) in [6.45, 7) is 1.58. The molecular weight excluding hydrogens is 334 g/mol. The van der Waals surface area contributed by atoms with Gasteiger partial charge in [-0.05, 0) is 55.8 Å². The van der Waals surface area contributed by atoms with Gasteiger partial charge in [0.1, 0.15) is 0 Å². The van der Waals surface area contributed by atoms with E-state index in [1.807, 2.05) is 12.1 Å². The summed E-state index contributed by atoms with van der Waals surface area (Å²) in [7, 11) is 0. The number of rotatable bonds is 5. The number of carboxylic acids is 2. The van der Waals surface area contributed by atoms with Crippen molar-refractivity contribution in [3.05, 3.63) is 47.0 Å². The third-order valence-corrected chi connectivity index (χ3v) is 5.99. The molecule has 0 spiro atoms. The van der Waals surface area contributed by atoms with Gasteiger partial charge in [-0.15, -0.1) is 0 Å². The van der Waals surface area contributed by atoms with Crippen LogP contribution in [-0.2, 0) is 20.7 Å². The van der Waals surface area contributed by atoms with Crippen LogP contribution >= 0.6 is 0 Å². The zero-order valence-electron chi connectivity index (χ0n) is 14.5. The number of carboxylic acid groups (broad SMARTS) is 2. The summed E-state index contributed by atoms with van der Waals surface area (Å²) in [4.78, 5) is 25.0. The van der Waals surface area contributed by atoms with E-state index in [4.69, 9.17) is 9.84 Å². The van der Waals surface area contributed by atoms with Crippen LogP contribution in [0.15, 0.2) is 35.9 Å². The smallest absolute Gasteiger partial charge is 0.333 e. The second kappa shape index (κ2) is 6.85. The Balaban J connectivity index is 1.64. The molecule has 0 radical (unpaired) electrons. The molecule has 3 saturated heterocycles. The Hall–Kier alpha value is -2.18. The van der Waals surface area contributed by atoms with Crippen molar-refractivity contribution in [3.8, 4) is 0 Å². The van der Waals surface area contributed by atoms with Crippen molar-refractivity contribution in [3.63, 3.8) is 0 Å². The van der Waals surface area contributed by atoms with Crippen LogP contribution in [0.3, 0.4) is 0 Å². The molecule has 6 nitrogen and oxygen atoms in total. The van der Waals surface area contributed by atoms with Gasteiger partial charge in [0.15, 0.2) is 0 Å². The Morgan fingerprint density at radius 1 is 1.12 bits per heavy atom. The largest absolute Gasteiger partial charge is 0.478 e. The number of nitrogens with zero attached hydrogens (tertiary/aromatic N) is 1. The number of piperidine rings is 3. The standard InChI is InChI=1S/C20H23NO5/c22-17(23)11-15(20(24)25)18-19(13-7-9-21(18)10-8-13)26-16-6-5-12-3-1-2-4-14(12)16/h1-4,11,13,16,18-19H,5-10H2,(H,22,23)(H,24,25)/b15-11+. The third-order valence-electron chi connectivity index (χ3n) is 5.99. The van der Waals surface area contributed by atoms with E-state index in [9.17, 15) is 14.7 Å². The average Bonchev–Trinajstić information content (AvgIpc) is 3.04. The van der Waals surface area contributed by atoms with E-state index in [2.05, 4.69) is 17.0 Å². The topological polar surface area (TPSA) is 87.1 Å². The molecule has 6 heteroatoms. The summed E-state index contributed by atoms with van der Waals surface area (Å²) in [6, 6.07) is 7.72. The molecule has 0 aromatic heterocycles. The fourth-order valence-corrected chi connectivity index (χ4v) is 4.81. The zero-order valence-corrected chi connectivity index (χ0v) is 14.5. The Kier molecular flexibility index (Phi) is 4.54. The maximum absolute atomic E-state index is 11.8. The van der Waals surface area contributed by atoms with Gasteiger partial charge in [-0.3, -0.25) is 4.90 Å². The highest BCUT2D eigenvalue weighted by Gasteiger charge is 2.47.